The molecule has 1 amide bonds. The molecule has 0 saturated carbocycles. The van der Waals surface area contributed by atoms with Crippen molar-refractivity contribution >= 4 is 17.4 Å². The van der Waals surface area contributed by atoms with Crippen LogP contribution in [-0.2, 0) is 0 Å². The first-order valence-electron chi connectivity index (χ1n) is 11.3. The summed E-state index contributed by atoms with van der Waals surface area (Å²) in [6.07, 6.45) is 11.5. The number of hydrogen-bond acceptors (Lipinski definition) is 5. The Kier molecular flexibility index (Phi) is 5.32. The maximum Gasteiger partial charge on any atom is 0.254 e. The number of likely N-dealkylation sites (tertiary alicyclic amines) is 1. The van der Waals surface area contributed by atoms with Gasteiger partial charge in [0, 0.05) is 54.6 Å². The van der Waals surface area contributed by atoms with Gasteiger partial charge in [-0.3, -0.25) is 4.79 Å². The zero-order valence-electron chi connectivity index (χ0n) is 18.4. The quantitative estimate of drug-likeness (QED) is 0.649. The molecule has 1 aromatic carbocycles. The summed E-state index contributed by atoms with van der Waals surface area (Å²) in [5.74, 6) is 3.59. The van der Waals surface area contributed by atoms with Gasteiger partial charge in [-0.25, -0.2) is 9.50 Å². The van der Waals surface area contributed by atoms with E-state index in [0.717, 1.165) is 61.5 Å². The van der Waals surface area contributed by atoms with Crippen LogP contribution in [0.3, 0.4) is 0 Å². The molecule has 2 aliphatic rings. The van der Waals surface area contributed by atoms with Gasteiger partial charge in [-0.05, 0) is 50.8 Å². The van der Waals surface area contributed by atoms with Crippen LogP contribution in [-0.4, -0.2) is 51.1 Å². The third kappa shape index (κ3) is 3.71. The molecule has 2 aliphatic heterocycles. The number of fused-ring (bicyclic) bond motifs is 1. The van der Waals surface area contributed by atoms with Crippen LogP contribution in [0.4, 0.5) is 5.82 Å². The van der Waals surface area contributed by atoms with Crippen LogP contribution in [0.5, 0.6) is 0 Å². The molecule has 5 rings (SSSR count). The molecular weight excluding hydrogens is 400 g/mol. The Morgan fingerprint density at radius 1 is 1.22 bits per heavy atom. The minimum Gasteiger partial charge on any atom is -0.355 e. The lowest BCUT2D eigenvalue weighted by Crippen LogP contribution is -2.38. The van der Waals surface area contributed by atoms with Gasteiger partial charge in [-0.15, -0.1) is 6.42 Å². The number of benzene rings is 1. The van der Waals surface area contributed by atoms with Crippen molar-refractivity contribution in [3.8, 4) is 12.3 Å². The number of hydrogen-bond donors (Lipinski definition) is 1. The topological polar surface area (TPSA) is 79.8 Å². The molecule has 7 nitrogen and oxygen atoms in total. The SMILES string of the molecule is C#Cc1cccc(C(=O)N2CCCCC2c2cc3nc(N4CCC(N)C4)c(C)cn3n2)c1. The number of carbonyl (C=O) groups excluding carboxylic acids is 1. The molecule has 32 heavy (non-hydrogen) atoms. The molecular formula is C25H28N6O. The average molecular weight is 429 g/mol. The number of amides is 1. The van der Waals surface area contributed by atoms with E-state index in [4.69, 9.17) is 22.2 Å². The molecule has 7 heteroatoms. The standard InChI is InChI=1S/C25H28N6O/c1-3-18-7-6-8-19(13-18)25(32)30-11-5-4-9-22(30)21-14-23-27-24(17(2)15-31(23)28-21)29-12-10-20(26)16-29/h1,6-8,13-15,20,22H,4-5,9-12,16,26H2,2H3. The molecule has 2 atom stereocenters. The average Bonchev–Trinajstić information content (AvgIpc) is 3.43. The predicted molar refractivity (Wildman–Crippen MR) is 125 cm³/mol. The van der Waals surface area contributed by atoms with Crippen LogP contribution >= 0.6 is 0 Å². The van der Waals surface area contributed by atoms with Gasteiger partial charge in [0.2, 0.25) is 0 Å². The van der Waals surface area contributed by atoms with E-state index in [1.54, 1.807) is 6.07 Å². The predicted octanol–water partition coefficient (Wildman–Crippen LogP) is 2.92. The molecule has 164 valence electrons. The zero-order valence-corrected chi connectivity index (χ0v) is 18.4. The Bertz CT molecular complexity index is 1210. The van der Waals surface area contributed by atoms with Gasteiger partial charge in [0.05, 0.1) is 11.7 Å². The molecule has 2 aromatic heterocycles. The molecule has 3 aromatic rings. The smallest absolute Gasteiger partial charge is 0.254 e. The van der Waals surface area contributed by atoms with Gasteiger partial charge in [-0.2, -0.15) is 5.10 Å². The van der Waals surface area contributed by atoms with E-state index in [2.05, 4.69) is 17.7 Å². The van der Waals surface area contributed by atoms with Crippen LogP contribution < -0.4 is 10.6 Å². The Morgan fingerprint density at radius 2 is 2.09 bits per heavy atom. The summed E-state index contributed by atoms with van der Waals surface area (Å²) >= 11 is 0. The third-order valence-corrected chi connectivity index (χ3v) is 6.53. The fourth-order valence-corrected chi connectivity index (χ4v) is 4.87. The zero-order chi connectivity index (χ0) is 22.2. The van der Waals surface area contributed by atoms with Crippen molar-refractivity contribution in [3.63, 3.8) is 0 Å². The van der Waals surface area contributed by atoms with E-state index in [9.17, 15) is 4.79 Å². The number of anilines is 1. The highest BCUT2D eigenvalue weighted by molar-refractivity contribution is 5.95. The normalized spacial score (nSPS) is 21.2. The van der Waals surface area contributed by atoms with Crippen molar-refractivity contribution in [2.75, 3.05) is 24.5 Å². The number of carbonyl (C=O) groups is 1. The molecule has 2 fully saturated rings. The minimum absolute atomic E-state index is 0.000241. The highest BCUT2D eigenvalue weighted by atomic mass is 16.2. The van der Waals surface area contributed by atoms with Gasteiger partial charge in [0.25, 0.3) is 5.91 Å². The maximum atomic E-state index is 13.4. The lowest BCUT2D eigenvalue weighted by molar-refractivity contribution is 0.0605. The number of nitrogens with two attached hydrogens (primary N) is 1. The van der Waals surface area contributed by atoms with Crippen molar-refractivity contribution in [1.29, 1.82) is 0 Å². The number of nitrogens with zero attached hydrogens (tertiary/aromatic N) is 5. The van der Waals surface area contributed by atoms with E-state index in [1.807, 2.05) is 39.9 Å². The van der Waals surface area contributed by atoms with E-state index in [-0.39, 0.29) is 18.0 Å². The molecule has 2 unspecified atom stereocenters. The lowest BCUT2D eigenvalue weighted by Gasteiger charge is -2.34. The van der Waals surface area contributed by atoms with Crippen molar-refractivity contribution in [1.82, 2.24) is 19.5 Å². The minimum atomic E-state index is -0.0728. The van der Waals surface area contributed by atoms with Gasteiger partial charge in [0.15, 0.2) is 5.65 Å². The summed E-state index contributed by atoms with van der Waals surface area (Å²) in [5, 5.41) is 4.82. The first-order valence-corrected chi connectivity index (χ1v) is 11.3. The van der Waals surface area contributed by atoms with Crippen LogP contribution in [0.15, 0.2) is 36.5 Å². The summed E-state index contributed by atoms with van der Waals surface area (Å²) in [6.45, 7) is 4.52. The second-order valence-electron chi connectivity index (χ2n) is 8.85. The Balaban J connectivity index is 1.47. The second-order valence-corrected chi connectivity index (χ2v) is 8.85. The second kappa shape index (κ2) is 8.29. The molecule has 2 N–H and O–H groups in total. The molecule has 0 aliphatic carbocycles. The van der Waals surface area contributed by atoms with Gasteiger partial charge >= 0.3 is 0 Å². The number of aryl methyl sites for hydroxylation is 1. The van der Waals surface area contributed by atoms with Gasteiger partial charge in [-0.1, -0.05) is 12.0 Å². The third-order valence-electron chi connectivity index (χ3n) is 6.53. The Hall–Kier alpha value is -3.37. The number of piperidine rings is 1. The Labute approximate surface area is 188 Å². The van der Waals surface area contributed by atoms with Crippen LogP contribution in [0, 0.1) is 19.3 Å². The van der Waals surface area contributed by atoms with Crippen LogP contribution in [0.2, 0.25) is 0 Å². The van der Waals surface area contributed by atoms with Crippen molar-refractivity contribution in [2.45, 2.75) is 44.7 Å². The van der Waals surface area contributed by atoms with E-state index < -0.39 is 0 Å². The van der Waals surface area contributed by atoms with E-state index in [0.29, 0.717) is 17.7 Å². The fraction of sp³-hybridized carbons (Fsp3) is 0.400. The summed E-state index contributed by atoms with van der Waals surface area (Å²) in [5.41, 5.74) is 10.2. The monoisotopic (exact) mass is 428 g/mol. The lowest BCUT2D eigenvalue weighted by atomic mass is 9.98. The molecule has 0 bridgehead atoms. The molecule has 0 radical (unpaired) electrons. The summed E-state index contributed by atoms with van der Waals surface area (Å²) in [4.78, 5) is 22.5. The fourth-order valence-electron chi connectivity index (χ4n) is 4.87. The number of aromatic nitrogens is 3. The maximum absolute atomic E-state index is 13.4. The van der Waals surface area contributed by atoms with E-state index >= 15 is 0 Å². The summed E-state index contributed by atoms with van der Waals surface area (Å²) in [7, 11) is 0. The van der Waals surface area contributed by atoms with E-state index in [1.165, 1.54) is 0 Å². The van der Waals surface area contributed by atoms with Crippen LogP contribution in [0.1, 0.15) is 58.9 Å². The first-order chi connectivity index (χ1) is 15.5. The molecule has 0 spiro atoms. The highest BCUT2D eigenvalue weighted by Crippen LogP contribution is 2.32. The van der Waals surface area contributed by atoms with Crippen molar-refractivity contribution in [3.05, 3.63) is 58.9 Å². The van der Waals surface area contributed by atoms with Crippen molar-refractivity contribution < 1.29 is 4.79 Å². The highest BCUT2D eigenvalue weighted by Gasteiger charge is 2.31. The van der Waals surface area contributed by atoms with Crippen LogP contribution in [0.25, 0.3) is 5.65 Å². The number of rotatable bonds is 3. The number of terminal acetylenes is 1. The van der Waals surface area contributed by atoms with Gasteiger partial charge < -0.3 is 15.5 Å². The summed E-state index contributed by atoms with van der Waals surface area (Å²) < 4.78 is 1.83. The largest absolute Gasteiger partial charge is 0.355 e. The molecule has 4 heterocycles. The summed E-state index contributed by atoms with van der Waals surface area (Å²) in [6, 6.07) is 9.44. The molecule has 2 saturated heterocycles. The van der Waals surface area contributed by atoms with Crippen molar-refractivity contribution in [2.24, 2.45) is 5.73 Å². The van der Waals surface area contributed by atoms with Gasteiger partial charge in [0.1, 0.15) is 5.82 Å². The Morgan fingerprint density at radius 3 is 2.88 bits per heavy atom. The first kappa shape index (κ1) is 20.5.